The molecule has 0 atom stereocenters. The second-order valence-electron chi connectivity index (χ2n) is 6.48. The lowest BCUT2D eigenvalue weighted by atomic mass is 10.2. The molecule has 0 saturated carbocycles. The maximum absolute atomic E-state index is 12.4. The van der Waals surface area contributed by atoms with Crippen molar-refractivity contribution in [3.8, 4) is 0 Å². The maximum atomic E-state index is 12.4. The summed E-state index contributed by atoms with van der Waals surface area (Å²) in [6, 6.07) is 9.25. The standard InChI is InChI=1S/C17H24N2O3/c1-17(2,3)22-16(21)19-11-7-10-18(12-13-19)15(20)14-8-5-4-6-9-14/h4-6,8-9H,7,10-13H2,1-3H3. The number of rotatable bonds is 1. The fourth-order valence-electron chi connectivity index (χ4n) is 2.39. The molecule has 1 heterocycles. The van der Waals surface area contributed by atoms with E-state index in [4.69, 9.17) is 4.74 Å². The van der Waals surface area contributed by atoms with Crippen molar-refractivity contribution in [2.45, 2.75) is 32.8 Å². The summed E-state index contributed by atoms with van der Waals surface area (Å²) in [6.07, 6.45) is 0.458. The molecule has 2 amide bonds. The fraction of sp³-hybridized carbons (Fsp3) is 0.529. The maximum Gasteiger partial charge on any atom is 0.410 e. The van der Waals surface area contributed by atoms with Gasteiger partial charge in [-0.25, -0.2) is 4.79 Å². The van der Waals surface area contributed by atoms with Crippen molar-refractivity contribution in [2.75, 3.05) is 26.2 Å². The van der Waals surface area contributed by atoms with Gasteiger partial charge in [-0.05, 0) is 39.3 Å². The van der Waals surface area contributed by atoms with Gasteiger partial charge >= 0.3 is 6.09 Å². The lowest BCUT2D eigenvalue weighted by Crippen LogP contribution is -2.40. The van der Waals surface area contributed by atoms with E-state index in [-0.39, 0.29) is 12.0 Å². The van der Waals surface area contributed by atoms with E-state index in [9.17, 15) is 9.59 Å². The minimum atomic E-state index is -0.497. The zero-order chi connectivity index (χ0) is 16.2. The molecule has 0 aromatic heterocycles. The van der Waals surface area contributed by atoms with Crippen LogP contribution in [-0.2, 0) is 4.74 Å². The number of carbonyl (C=O) groups is 2. The predicted molar refractivity (Wildman–Crippen MR) is 84.8 cm³/mol. The van der Waals surface area contributed by atoms with E-state index in [0.29, 0.717) is 31.7 Å². The zero-order valence-corrected chi connectivity index (χ0v) is 13.5. The van der Waals surface area contributed by atoms with Crippen LogP contribution in [-0.4, -0.2) is 53.6 Å². The van der Waals surface area contributed by atoms with Crippen molar-refractivity contribution in [3.63, 3.8) is 0 Å². The van der Waals surface area contributed by atoms with Crippen molar-refractivity contribution in [1.29, 1.82) is 0 Å². The van der Waals surface area contributed by atoms with Crippen molar-refractivity contribution in [3.05, 3.63) is 35.9 Å². The second-order valence-corrected chi connectivity index (χ2v) is 6.48. The Morgan fingerprint density at radius 2 is 1.55 bits per heavy atom. The third kappa shape index (κ3) is 4.48. The lowest BCUT2D eigenvalue weighted by Gasteiger charge is -2.26. The third-order valence-electron chi connectivity index (χ3n) is 3.46. The number of ether oxygens (including phenoxy) is 1. The van der Waals surface area contributed by atoms with Crippen LogP contribution in [0.5, 0.6) is 0 Å². The normalized spacial score (nSPS) is 16.1. The van der Waals surface area contributed by atoms with Gasteiger partial charge in [-0.1, -0.05) is 18.2 Å². The van der Waals surface area contributed by atoms with E-state index in [1.807, 2.05) is 51.1 Å². The van der Waals surface area contributed by atoms with E-state index < -0.39 is 5.60 Å². The van der Waals surface area contributed by atoms with Crippen LogP contribution in [0.3, 0.4) is 0 Å². The lowest BCUT2D eigenvalue weighted by molar-refractivity contribution is 0.0255. The molecule has 2 rings (SSSR count). The highest BCUT2D eigenvalue weighted by atomic mass is 16.6. The molecule has 5 heteroatoms. The minimum absolute atomic E-state index is 0.0200. The van der Waals surface area contributed by atoms with Crippen LogP contribution >= 0.6 is 0 Å². The summed E-state index contributed by atoms with van der Waals surface area (Å²) in [4.78, 5) is 28.1. The van der Waals surface area contributed by atoms with Gasteiger partial charge in [0, 0.05) is 31.7 Å². The molecule has 1 aliphatic heterocycles. The van der Waals surface area contributed by atoms with Crippen molar-refractivity contribution < 1.29 is 14.3 Å². The van der Waals surface area contributed by atoms with Crippen molar-refractivity contribution >= 4 is 12.0 Å². The summed E-state index contributed by atoms with van der Waals surface area (Å²) in [6.45, 7) is 7.89. The number of benzene rings is 1. The van der Waals surface area contributed by atoms with Gasteiger partial charge in [0.15, 0.2) is 0 Å². The van der Waals surface area contributed by atoms with Crippen molar-refractivity contribution in [2.24, 2.45) is 0 Å². The molecule has 1 aromatic rings. The molecule has 120 valence electrons. The first kappa shape index (κ1) is 16.3. The molecule has 22 heavy (non-hydrogen) atoms. The van der Waals surface area contributed by atoms with Crippen LogP contribution in [0.25, 0.3) is 0 Å². The highest BCUT2D eigenvalue weighted by Gasteiger charge is 2.26. The summed E-state index contributed by atoms with van der Waals surface area (Å²) in [5.74, 6) is 0.0200. The number of carbonyl (C=O) groups excluding carboxylic acids is 2. The van der Waals surface area contributed by atoms with Gasteiger partial charge in [-0.15, -0.1) is 0 Å². The molecule has 1 fully saturated rings. The molecule has 0 unspecified atom stereocenters. The van der Waals surface area contributed by atoms with Gasteiger partial charge in [-0.2, -0.15) is 0 Å². The highest BCUT2D eigenvalue weighted by Crippen LogP contribution is 2.13. The number of amides is 2. The largest absolute Gasteiger partial charge is 0.444 e. The molecule has 5 nitrogen and oxygen atoms in total. The zero-order valence-electron chi connectivity index (χ0n) is 13.5. The van der Waals surface area contributed by atoms with Crippen molar-refractivity contribution in [1.82, 2.24) is 9.80 Å². The average molecular weight is 304 g/mol. The molecule has 1 saturated heterocycles. The Morgan fingerprint density at radius 1 is 0.955 bits per heavy atom. The molecule has 0 aliphatic carbocycles. The number of hydrogen-bond acceptors (Lipinski definition) is 3. The van der Waals surface area contributed by atoms with E-state index in [2.05, 4.69) is 0 Å². The molecule has 0 radical (unpaired) electrons. The van der Waals surface area contributed by atoms with Gasteiger partial charge in [0.2, 0.25) is 0 Å². The van der Waals surface area contributed by atoms with Crippen LogP contribution in [0, 0.1) is 0 Å². The van der Waals surface area contributed by atoms with Crippen LogP contribution in [0.4, 0.5) is 4.79 Å². The molecule has 0 spiro atoms. The molecule has 1 aromatic carbocycles. The number of nitrogens with zero attached hydrogens (tertiary/aromatic N) is 2. The monoisotopic (exact) mass is 304 g/mol. The Labute approximate surface area is 131 Å². The van der Waals surface area contributed by atoms with Crippen LogP contribution in [0.2, 0.25) is 0 Å². The van der Waals surface area contributed by atoms with E-state index >= 15 is 0 Å². The number of hydrogen-bond donors (Lipinski definition) is 0. The first-order valence-electron chi connectivity index (χ1n) is 7.69. The highest BCUT2D eigenvalue weighted by molar-refractivity contribution is 5.94. The van der Waals surface area contributed by atoms with E-state index in [0.717, 1.165) is 6.42 Å². The smallest absolute Gasteiger partial charge is 0.410 e. The van der Waals surface area contributed by atoms with Gasteiger partial charge in [-0.3, -0.25) is 4.79 Å². The second kappa shape index (κ2) is 6.81. The van der Waals surface area contributed by atoms with E-state index in [1.165, 1.54) is 0 Å². The summed E-state index contributed by atoms with van der Waals surface area (Å²) < 4.78 is 5.40. The molecular weight excluding hydrogens is 280 g/mol. The topological polar surface area (TPSA) is 49.9 Å². The molecule has 0 N–H and O–H groups in total. The van der Waals surface area contributed by atoms with Crippen LogP contribution < -0.4 is 0 Å². The average Bonchev–Trinajstić information content (AvgIpc) is 2.71. The predicted octanol–water partition coefficient (Wildman–Crippen LogP) is 2.77. The van der Waals surface area contributed by atoms with Gasteiger partial charge in [0.05, 0.1) is 0 Å². The van der Waals surface area contributed by atoms with Gasteiger partial charge in [0.25, 0.3) is 5.91 Å². The quantitative estimate of drug-likeness (QED) is 0.801. The van der Waals surface area contributed by atoms with Crippen LogP contribution in [0.1, 0.15) is 37.6 Å². The summed E-state index contributed by atoms with van der Waals surface area (Å²) in [5, 5.41) is 0. The summed E-state index contributed by atoms with van der Waals surface area (Å²) in [5.41, 5.74) is 0.191. The van der Waals surface area contributed by atoms with Crippen LogP contribution in [0.15, 0.2) is 30.3 Å². The molecular formula is C17H24N2O3. The fourth-order valence-corrected chi connectivity index (χ4v) is 2.39. The van der Waals surface area contributed by atoms with E-state index in [1.54, 1.807) is 9.80 Å². The first-order valence-corrected chi connectivity index (χ1v) is 7.69. The molecule has 1 aliphatic rings. The SMILES string of the molecule is CC(C)(C)OC(=O)N1CCCN(C(=O)c2ccccc2)CC1. The third-order valence-corrected chi connectivity index (χ3v) is 3.46. The molecule has 0 bridgehead atoms. The summed E-state index contributed by atoms with van der Waals surface area (Å²) in [7, 11) is 0. The Bertz CT molecular complexity index is 522. The Morgan fingerprint density at radius 3 is 2.18 bits per heavy atom. The van der Waals surface area contributed by atoms with Gasteiger partial charge in [0.1, 0.15) is 5.60 Å². The Kier molecular flexibility index (Phi) is 5.06. The Balaban J connectivity index is 1.95. The van der Waals surface area contributed by atoms with Gasteiger partial charge < -0.3 is 14.5 Å². The minimum Gasteiger partial charge on any atom is -0.444 e. The summed E-state index contributed by atoms with van der Waals surface area (Å²) >= 11 is 0. The Hall–Kier alpha value is -2.04. The first-order chi connectivity index (χ1) is 10.4.